The Morgan fingerprint density at radius 1 is 1.00 bits per heavy atom. The van der Waals surface area contributed by atoms with Gasteiger partial charge in [0.1, 0.15) is 23.9 Å². The van der Waals surface area contributed by atoms with Crippen LogP contribution < -0.4 is 0 Å². The second-order valence-electron chi connectivity index (χ2n) is 6.06. The molecule has 0 saturated heterocycles. The topological polar surface area (TPSA) is 67.5 Å². The van der Waals surface area contributed by atoms with E-state index in [4.69, 9.17) is 9.52 Å². The normalized spacial score (nSPS) is 12.6. The second-order valence-corrected chi connectivity index (χ2v) is 8.05. The molecule has 1 aromatic heterocycles. The van der Waals surface area contributed by atoms with Crippen molar-refractivity contribution in [3.8, 4) is 0 Å². The van der Waals surface area contributed by atoms with Crippen molar-refractivity contribution in [1.82, 2.24) is 0 Å². The monoisotopic (exact) mass is 308 g/mol. The van der Waals surface area contributed by atoms with Gasteiger partial charge in [0.05, 0.1) is 4.90 Å². The van der Waals surface area contributed by atoms with Gasteiger partial charge in [-0.1, -0.05) is 32.9 Å². The minimum Gasteiger partial charge on any atom is -0.463 e. The molecule has 2 aromatic rings. The van der Waals surface area contributed by atoms with Crippen molar-refractivity contribution in [3.05, 3.63) is 53.5 Å². The van der Waals surface area contributed by atoms with Crippen LogP contribution in [0.5, 0.6) is 0 Å². The van der Waals surface area contributed by atoms with Gasteiger partial charge in [0.2, 0.25) is 0 Å². The van der Waals surface area contributed by atoms with Crippen molar-refractivity contribution in [3.63, 3.8) is 0 Å². The minimum atomic E-state index is -3.45. The van der Waals surface area contributed by atoms with E-state index >= 15 is 0 Å². The lowest BCUT2D eigenvalue weighted by molar-refractivity contribution is 0.244. The zero-order valence-electron chi connectivity index (χ0n) is 12.5. The van der Waals surface area contributed by atoms with E-state index < -0.39 is 9.84 Å². The zero-order chi connectivity index (χ0) is 15.7. The molecule has 5 heteroatoms. The van der Waals surface area contributed by atoms with Crippen molar-refractivity contribution in [2.45, 2.75) is 43.4 Å². The number of furan rings is 1. The molecule has 2 rings (SSSR count). The number of hydrogen-bond acceptors (Lipinski definition) is 4. The summed E-state index contributed by atoms with van der Waals surface area (Å²) < 4.78 is 29.9. The van der Waals surface area contributed by atoms with Crippen LogP contribution in [0.4, 0.5) is 0 Å². The van der Waals surface area contributed by atoms with E-state index in [-0.39, 0.29) is 22.7 Å². The molecule has 0 fully saturated rings. The van der Waals surface area contributed by atoms with Crippen LogP contribution in [0, 0.1) is 0 Å². The maximum absolute atomic E-state index is 12.3. The fourth-order valence-corrected chi connectivity index (χ4v) is 3.26. The van der Waals surface area contributed by atoms with Gasteiger partial charge in [-0.15, -0.1) is 0 Å². The average molecular weight is 308 g/mol. The lowest BCUT2D eigenvalue weighted by Crippen LogP contribution is -2.11. The van der Waals surface area contributed by atoms with E-state index in [1.165, 1.54) is 0 Å². The number of benzene rings is 1. The number of sulfone groups is 1. The predicted molar refractivity (Wildman–Crippen MR) is 80.7 cm³/mol. The smallest absolute Gasteiger partial charge is 0.185 e. The molecule has 21 heavy (non-hydrogen) atoms. The van der Waals surface area contributed by atoms with Gasteiger partial charge in [0.25, 0.3) is 0 Å². The number of aliphatic hydroxyl groups is 1. The van der Waals surface area contributed by atoms with Crippen molar-refractivity contribution >= 4 is 9.84 Å². The molecule has 1 N–H and O–H groups in total. The van der Waals surface area contributed by atoms with Crippen LogP contribution in [0.2, 0.25) is 0 Å². The van der Waals surface area contributed by atoms with Gasteiger partial charge >= 0.3 is 0 Å². The molecule has 1 aromatic carbocycles. The average Bonchev–Trinajstić information content (AvgIpc) is 2.85. The Hall–Kier alpha value is -1.59. The SMILES string of the molecule is CC(C)(C)c1ccc(S(=O)(=O)Cc2ccc(CO)o2)cc1. The minimum absolute atomic E-state index is 0.0146. The summed E-state index contributed by atoms with van der Waals surface area (Å²) in [6.45, 7) is 6.00. The fraction of sp³-hybridized carbons (Fsp3) is 0.375. The molecule has 0 amide bonds. The summed E-state index contributed by atoms with van der Waals surface area (Å²) in [5, 5.41) is 8.93. The first-order valence-corrected chi connectivity index (χ1v) is 8.39. The molecule has 0 aliphatic rings. The molecular formula is C16H20O4S. The fourth-order valence-electron chi connectivity index (χ4n) is 2.02. The van der Waals surface area contributed by atoms with E-state index in [9.17, 15) is 8.42 Å². The molecule has 0 aliphatic carbocycles. The Labute approximate surface area is 125 Å². The second kappa shape index (κ2) is 5.66. The molecule has 0 bridgehead atoms. The summed E-state index contributed by atoms with van der Waals surface area (Å²) in [7, 11) is -3.45. The summed E-state index contributed by atoms with van der Waals surface area (Å²) in [5.74, 6) is 0.490. The lowest BCUT2D eigenvalue weighted by atomic mass is 9.87. The van der Waals surface area contributed by atoms with E-state index in [1.807, 2.05) is 12.1 Å². The molecule has 0 saturated carbocycles. The highest BCUT2D eigenvalue weighted by atomic mass is 32.2. The Kier molecular flexibility index (Phi) is 4.25. The van der Waals surface area contributed by atoms with Crippen molar-refractivity contribution < 1.29 is 17.9 Å². The number of hydrogen-bond donors (Lipinski definition) is 1. The lowest BCUT2D eigenvalue weighted by Gasteiger charge is -2.19. The van der Waals surface area contributed by atoms with Crippen molar-refractivity contribution in [1.29, 1.82) is 0 Å². The van der Waals surface area contributed by atoms with E-state index in [0.717, 1.165) is 5.56 Å². The first-order valence-electron chi connectivity index (χ1n) is 6.74. The maximum Gasteiger partial charge on any atom is 0.185 e. The summed E-state index contributed by atoms with van der Waals surface area (Å²) in [4.78, 5) is 0.275. The van der Waals surface area contributed by atoms with Gasteiger partial charge in [-0.05, 0) is 35.2 Å². The molecule has 0 unspecified atom stereocenters. The zero-order valence-corrected chi connectivity index (χ0v) is 13.3. The summed E-state index contributed by atoms with van der Waals surface area (Å²) >= 11 is 0. The van der Waals surface area contributed by atoms with Crippen LogP contribution in [0.3, 0.4) is 0 Å². The van der Waals surface area contributed by atoms with Gasteiger partial charge in [-0.3, -0.25) is 0 Å². The van der Waals surface area contributed by atoms with Gasteiger partial charge in [-0.2, -0.15) is 0 Å². The molecule has 0 atom stereocenters. The van der Waals surface area contributed by atoms with E-state index in [2.05, 4.69) is 20.8 Å². The van der Waals surface area contributed by atoms with Crippen molar-refractivity contribution in [2.75, 3.05) is 0 Å². The highest BCUT2D eigenvalue weighted by molar-refractivity contribution is 7.90. The molecular weight excluding hydrogens is 288 g/mol. The Morgan fingerprint density at radius 2 is 1.57 bits per heavy atom. The van der Waals surface area contributed by atoms with Crippen LogP contribution in [0.15, 0.2) is 45.7 Å². The van der Waals surface area contributed by atoms with Gasteiger partial charge in [0, 0.05) is 0 Å². The summed E-state index contributed by atoms with van der Waals surface area (Å²) in [6, 6.07) is 10.1. The summed E-state index contributed by atoms with van der Waals surface area (Å²) in [5.41, 5.74) is 1.07. The van der Waals surface area contributed by atoms with Gasteiger partial charge in [0.15, 0.2) is 9.84 Å². The predicted octanol–water partition coefficient (Wildman–Crippen LogP) is 3.04. The van der Waals surface area contributed by atoms with E-state index in [1.54, 1.807) is 24.3 Å². The first kappa shape index (κ1) is 15.8. The molecule has 0 spiro atoms. The summed E-state index contributed by atoms with van der Waals surface area (Å²) in [6.07, 6.45) is 0. The highest BCUT2D eigenvalue weighted by Crippen LogP contribution is 2.25. The maximum atomic E-state index is 12.3. The Balaban J connectivity index is 2.23. The number of aliphatic hydroxyl groups excluding tert-OH is 1. The molecule has 1 heterocycles. The Bertz CT molecular complexity index is 703. The molecule has 0 aliphatic heterocycles. The van der Waals surface area contributed by atoms with Crippen LogP contribution in [0.1, 0.15) is 37.9 Å². The standard InChI is InChI=1S/C16H20O4S/c1-16(2,3)12-4-8-15(9-5-12)21(18,19)11-14-7-6-13(10-17)20-14/h4-9,17H,10-11H2,1-3H3. The Morgan fingerprint density at radius 3 is 2.05 bits per heavy atom. The van der Waals surface area contributed by atoms with Crippen LogP contribution in [-0.2, 0) is 27.6 Å². The molecule has 114 valence electrons. The highest BCUT2D eigenvalue weighted by Gasteiger charge is 2.19. The van der Waals surface area contributed by atoms with E-state index in [0.29, 0.717) is 11.5 Å². The van der Waals surface area contributed by atoms with Gasteiger partial charge < -0.3 is 9.52 Å². The van der Waals surface area contributed by atoms with Crippen LogP contribution >= 0.6 is 0 Å². The van der Waals surface area contributed by atoms with Crippen LogP contribution in [0.25, 0.3) is 0 Å². The third-order valence-corrected chi connectivity index (χ3v) is 4.94. The van der Waals surface area contributed by atoms with Gasteiger partial charge in [-0.25, -0.2) is 8.42 Å². The largest absolute Gasteiger partial charge is 0.463 e. The quantitative estimate of drug-likeness (QED) is 0.942. The third-order valence-electron chi connectivity index (χ3n) is 3.28. The third kappa shape index (κ3) is 3.74. The molecule has 0 radical (unpaired) electrons. The van der Waals surface area contributed by atoms with Crippen LogP contribution in [-0.4, -0.2) is 13.5 Å². The first-order chi connectivity index (χ1) is 9.72. The van der Waals surface area contributed by atoms with Crippen molar-refractivity contribution in [2.24, 2.45) is 0 Å². The number of rotatable bonds is 4. The molecule has 4 nitrogen and oxygen atoms in total.